The van der Waals surface area contributed by atoms with Crippen molar-refractivity contribution in [2.75, 3.05) is 73.6 Å². The number of carbonyl (C=O) groups is 4. The Hall–Kier alpha value is -5.03. The van der Waals surface area contributed by atoms with Gasteiger partial charge in [-0.2, -0.15) is 5.26 Å². The molecule has 6 aliphatic heterocycles. The second kappa shape index (κ2) is 14.5. The van der Waals surface area contributed by atoms with E-state index < -0.39 is 23.8 Å². The van der Waals surface area contributed by atoms with E-state index in [0.29, 0.717) is 33.8 Å². The van der Waals surface area contributed by atoms with Crippen LogP contribution in [0.4, 0.5) is 17.2 Å². The molecule has 56 heavy (non-hydrogen) atoms. The summed E-state index contributed by atoms with van der Waals surface area (Å²) in [7, 11) is 0. The molecule has 2 aromatic carbocycles. The van der Waals surface area contributed by atoms with Crippen LogP contribution < -0.4 is 20.0 Å². The molecule has 1 aromatic heterocycles. The Morgan fingerprint density at radius 2 is 1.64 bits per heavy atom. The Kier molecular flexibility index (Phi) is 9.46. The number of carbonyl (C=O) groups excluding carboxylic acids is 4. The smallest absolute Gasteiger partial charge is 0.262 e. The van der Waals surface area contributed by atoms with Gasteiger partial charge in [-0.25, -0.2) is 4.98 Å². The van der Waals surface area contributed by atoms with E-state index >= 15 is 0 Å². The fourth-order valence-electron chi connectivity index (χ4n) is 9.80. The summed E-state index contributed by atoms with van der Waals surface area (Å²) in [6.45, 7) is 11.8. The van der Waals surface area contributed by atoms with E-state index in [9.17, 15) is 24.4 Å². The number of amides is 4. The van der Waals surface area contributed by atoms with Crippen LogP contribution in [0.15, 0.2) is 54.7 Å². The molecule has 2 atom stereocenters. The number of fused-ring (bicyclic) bond motifs is 1. The van der Waals surface area contributed by atoms with Gasteiger partial charge in [-0.15, -0.1) is 0 Å². The first-order valence-electron chi connectivity index (χ1n) is 19.8. The van der Waals surface area contributed by atoms with E-state index in [1.54, 1.807) is 12.1 Å². The summed E-state index contributed by atoms with van der Waals surface area (Å²) in [6.07, 6.45) is 5.71. The van der Waals surface area contributed by atoms with Gasteiger partial charge in [0.15, 0.2) is 0 Å². The molecule has 3 aromatic rings. The number of pyridine rings is 1. The van der Waals surface area contributed by atoms with E-state index in [-0.39, 0.29) is 24.2 Å². The van der Waals surface area contributed by atoms with Crippen molar-refractivity contribution in [2.24, 2.45) is 5.41 Å². The number of aromatic nitrogens is 1. The first kappa shape index (κ1) is 36.6. The zero-order valence-corrected chi connectivity index (χ0v) is 32.4. The maximum atomic E-state index is 13.3. The molecule has 1 unspecified atom stereocenters. The van der Waals surface area contributed by atoms with Crippen LogP contribution in [0.25, 0.3) is 0 Å². The van der Waals surface area contributed by atoms with E-state index in [1.807, 2.05) is 30.5 Å². The highest BCUT2D eigenvalue weighted by molar-refractivity contribution is 6.32. The number of nitriles is 1. The summed E-state index contributed by atoms with van der Waals surface area (Å²) in [6, 6.07) is 17.6. The molecule has 0 radical (unpaired) electrons. The number of nitrogens with one attached hydrogen (secondary N) is 1. The van der Waals surface area contributed by atoms with Crippen LogP contribution in [0, 0.1) is 16.7 Å². The van der Waals surface area contributed by atoms with Crippen molar-refractivity contribution in [1.82, 2.24) is 25.0 Å². The molecule has 5 saturated heterocycles. The van der Waals surface area contributed by atoms with Crippen molar-refractivity contribution in [3.8, 4) is 6.07 Å². The zero-order valence-electron chi connectivity index (χ0n) is 31.6. The minimum absolute atomic E-state index is 0.101. The first-order valence-corrected chi connectivity index (χ1v) is 20.2. The lowest BCUT2D eigenvalue weighted by atomic mass is 9.77. The van der Waals surface area contributed by atoms with Crippen LogP contribution in [0.2, 0.25) is 5.02 Å². The summed E-state index contributed by atoms with van der Waals surface area (Å²) in [5.74, 6) is -0.882. The van der Waals surface area contributed by atoms with Gasteiger partial charge in [-0.3, -0.25) is 39.2 Å². The largest absolute Gasteiger partial charge is 0.368 e. The van der Waals surface area contributed by atoms with Crippen LogP contribution in [0.3, 0.4) is 0 Å². The highest BCUT2D eigenvalue weighted by Gasteiger charge is 2.46. The standard InChI is InChI=1S/C42H46ClN9O4/c1-27-20-42(26-51(27)31-4-3-29(21-44)35(43)19-31)10-12-49(13-11-42)37-8-2-28(22-45-37)23-47-14-16-48(17-15-47)32-24-50(25-32)30-5-6-33-34(18-30)41(56)52(40(33)55)36-7-9-38(53)46-39(36)54/h2-6,8,18-19,22,27,32,36H,7,9-17,20,23-26H2,1H3,(H,46,53,54)/t27-,36?/m0/s1. The molecule has 6 aliphatic rings. The Morgan fingerprint density at radius 3 is 2.34 bits per heavy atom. The van der Waals surface area contributed by atoms with Crippen LogP contribution >= 0.6 is 11.6 Å². The molecule has 1 N–H and O–H groups in total. The Bertz CT molecular complexity index is 2120. The maximum absolute atomic E-state index is 13.3. The number of nitrogens with zero attached hydrogens (tertiary/aromatic N) is 8. The Labute approximate surface area is 331 Å². The van der Waals surface area contributed by atoms with Gasteiger partial charge in [0, 0.05) is 102 Å². The van der Waals surface area contributed by atoms with Crippen molar-refractivity contribution in [3.63, 3.8) is 0 Å². The van der Waals surface area contributed by atoms with Crippen molar-refractivity contribution >= 4 is 52.4 Å². The van der Waals surface area contributed by atoms with Crippen molar-refractivity contribution < 1.29 is 19.2 Å². The second-order valence-electron chi connectivity index (χ2n) is 16.5. The third-order valence-corrected chi connectivity index (χ3v) is 13.4. The third-order valence-electron chi connectivity index (χ3n) is 13.1. The number of piperidine rings is 2. The predicted molar refractivity (Wildman–Crippen MR) is 212 cm³/mol. The van der Waals surface area contributed by atoms with Gasteiger partial charge in [0.05, 0.1) is 21.7 Å². The van der Waals surface area contributed by atoms with Crippen LogP contribution in [-0.4, -0.2) is 120 Å². The lowest BCUT2D eigenvalue weighted by Gasteiger charge is -2.49. The van der Waals surface area contributed by atoms with Gasteiger partial charge in [-0.05, 0) is 86.1 Å². The number of hydrogen-bond acceptors (Lipinski definition) is 11. The minimum Gasteiger partial charge on any atom is -0.368 e. The molecule has 0 aliphatic carbocycles. The average Bonchev–Trinajstić information content (AvgIpc) is 3.63. The quantitative estimate of drug-likeness (QED) is 0.350. The highest BCUT2D eigenvalue weighted by Crippen LogP contribution is 2.46. The Morgan fingerprint density at radius 1 is 0.893 bits per heavy atom. The molecule has 4 amide bonds. The fraction of sp³-hybridized carbons (Fsp3) is 0.476. The number of hydrogen-bond donors (Lipinski definition) is 1. The number of imide groups is 2. The number of halogens is 1. The summed E-state index contributed by atoms with van der Waals surface area (Å²) in [5, 5.41) is 12.0. The summed E-state index contributed by atoms with van der Waals surface area (Å²) in [4.78, 5) is 68.5. The van der Waals surface area contributed by atoms with Crippen LogP contribution in [-0.2, 0) is 16.1 Å². The van der Waals surface area contributed by atoms with Gasteiger partial charge in [-0.1, -0.05) is 17.7 Å². The fourth-order valence-corrected chi connectivity index (χ4v) is 10.0. The molecule has 7 heterocycles. The summed E-state index contributed by atoms with van der Waals surface area (Å²) >= 11 is 6.38. The van der Waals surface area contributed by atoms with Gasteiger partial charge < -0.3 is 14.7 Å². The first-order chi connectivity index (χ1) is 27.1. The van der Waals surface area contributed by atoms with Gasteiger partial charge >= 0.3 is 0 Å². The lowest BCUT2D eigenvalue weighted by Crippen LogP contribution is -2.63. The van der Waals surface area contributed by atoms with E-state index in [0.717, 1.165) is 107 Å². The van der Waals surface area contributed by atoms with Gasteiger partial charge in [0.25, 0.3) is 11.8 Å². The minimum atomic E-state index is -0.960. The second-order valence-corrected chi connectivity index (χ2v) is 16.9. The van der Waals surface area contributed by atoms with Gasteiger partial charge in [0.1, 0.15) is 17.9 Å². The van der Waals surface area contributed by atoms with E-state index in [2.05, 4.69) is 54.9 Å². The number of rotatable bonds is 7. The van der Waals surface area contributed by atoms with Crippen molar-refractivity contribution in [3.05, 3.63) is 82.0 Å². The van der Waals surface area contributed by atoms with Crippen LogP contribution in [0.5, 0.6) is 0 Å². The third kappa shape index (κ3) is 6.67. The normalized spacial score (nSPS) is 24.4. The molecule has 14 heteroatoms. The predicted octanol–water partition coefficient (Wildman–Crippen LogP) is 3.90. The molecule has 1 spiro atoms. The Balaban J connectivity index is 0.725. The number of anilines is 3. The average molecular weight is 776 g/mol. The maximum Gasteiger partial charge on any atom is 0.262 e. The summed E-state index contributed by atoms with van der Waals surface area (Å²) < 4.78 is 0. The van der Waals surface area contributed by atoms with E-state index in [4.69, 9.17) is 16.6 Å². The molecule has 0 bridgehead atoms. The highest BCUT2D eigenvalue weighted by atomic mass is 35.5. The molecule has 5 fully saturated rings. The molecule has 290 valence electrons. The van der Waals surface area contributed by atoms with Crippen LogP contribution in [0.1, 0.15) is 70.9 Å². The molecular formula is C42H46ClN9O4. The van der Waals surface area contributed by atoms with Crippen molar-refractivity contribution in [1.29, 1.82) is 5.26 Å². The molecule has 0 saturated carbocycles. The topological polar surface area (TPSA) is 136 Å². The lowest BCUT2D eigenvalue weighted by molar-refractivity contribution is -0.136. The molecule has 13 nitrogen and oxygen atoms in total. The van der Waals surface area contributed by atoms with E-state index in [1.165, 1.54) is 5.56 Å². The zero-order chi connectivity index (χ0) is 38.7. The molecular weight excluding hydrogens is 730 g/mol. The number of piperazine rings is 1. The number of benzene rings is 2. The molecule has 9 rings (SSSR count). The van der Waals surface area contributed by atoms with Crippen molar-refractivity contribution in [2.45, 2.75) is 63.7 Å². The summed E-state index contributed by atoms with van der Waals surface area (Å²) in [5.41, 5.74) is 4.65. The SMILES string of the molecule is C[C@H]1CC2(CCN(c3ccc(CN4CCN(C5CN(c6ccc7c(c6)C(=O)N(C6CCC(=O)NC6=O)C7=O)C5)CC4)cn3)CC2)CN1c1ccc(C#N)c(Cl)c1. The monoisotopic (exact) mass is 775 g/mol. The van der Waals surface area contributed by atoms with Gasteiger partial charge in [0.2, 0.25) is 11.8 Å².